The number of rotatable bonds is 6. The number of hydrogen-bond acceptors (Lipinski definition) is 5. The van der Waals surface area contributed by atoms with E-state index in [1.807, 2.05) is 0 Å². The van der Waals surface area contributed by atoms with Crippen molar-refractivity contribution in [3.63, 3.8) is 0 Å². The van der Waals surface area contributed by atoms with Crippen molar-refractivity contribution < 1.29 is 4.74 Å². The molecule has 0 bridgehead atoms. The molecule has 1 fully saturated rings. The quantitative estimate of drug-likeness (QED) is 0.398. The van der Waals surface area contributed by atoms with E-state index in [4.69, 9.17) is 4.74 Å². The molecular weight excluding hydrogens is 186 g/mol. The van der Waals surface area contributed by atoms with Crippen molar-refractivity contribution in [3.8, 4) is 0 Å². The van der Waals surface area contributed by atoms with Crippen LogP contribution in [-0.2, 0) is 4.74 Å². The van der Waals surface area contributed by atoms with Crippen LogP contribution in [0.15, 0.2) is 0 Å². The summed E-state index contributed by atoms with van der Waals surface area (Å²) in [7, 11) is 0. The van der Waals surface area contributed by atoms with E-state index >= 15 is 0 Å². The maximum absolute atomic E-state index is 5.26. The molecule has 0 spiro atoms. The second kappa shape index (κ2) is 7.58. The van der Waals surface area contributed by atoms with Crippen molar-refractivity contribution in [2.75, 3.05) is 52.5 Å². The van der Waals surface area contributed by atoms with Crippen LogP contribution in [0.5, 0.6) is 0 Å². The standard InChI is InChI=1S/C8H19N3OS/c13-10-2-1-9-3-4-11-5-7-12-8-6-11/h9-10,13H,1-8H2. The summed E-state index contributed by atoms with van der Waals surface area (Å²) in [6, 6.07) is 0. The van der Waals surface area contributed by atoms with Crippen LogP contribution in [0.3, 0.4) is 0 Å². The summed E-state index contributed by atoms with van der Waals surface area (Å²) in [5.74, 6) is 0. The van der Waals surface area contributed by atoms with Crippen molar-refractivity contribution in [2.24, 2.45) is 0 Å². The third kappa shape index (κ3) is 5.49. The van der Waals surface area contributed by atoms with Gasteiger partial charge in [0.15, 0.2) is 0 Å². The van der Waals surface area contributed by atoms with Crippen molar-refractivity contribution in [1.82, 2.24) is 14.9 Å². The number of nitrogens with one attached hydrogen (secondary N) is 2. The fourth-order valence-corrected chi connectivity index (χ4v) is 1.44. The van der Waals surface area contributed by atoms with E-state index in [9.17, 15) is 0 Å². The Labute approximate surface area is 85.6 Å². The van der Waals surface area contributed by atoms with E-state index in [0.717, 1.165) is 52.5 Å². The molecule has 0 radical (unpaired) electrons. The van der Waals surface area contributed by atoms with Gasteiger partial charge in [-0.2, -0.15) is 0 Å². The molecule has 0 amide bonds. The van der Waals surface area contributed by atoms with Gasteiger partial charge in [-0.1, -0.05) is 12.8 Å². The molecule has 0 atom stereocenters. The SMILES string of the molecule is SNCCNCCN1CCOCC1. The summed E-state index contributed by atoms with van der Waals surface area (Å²) in [4.78, 5) is 2.42. The first-order valence-corrected chi connectivity index (χ1v) is 5.26. The fraction of sp³-hybridized carbons (Fsp3) is 1.00. The molecule has 0 unspecified atom stereocenters. The molecule has 0 saturated carbocycles. The Bertz CT molecular complexity index is 120. The molecule has 5 heteroatoms. The number of thiol groups is 1. The Morgan fingerprint density at radius 3 is 2.62 bits per heavy atom. The van der Waals surface area contributed by atoms with Gasteiger partial charge in [0.1, 0.15) is 0 Å². The van der Waals surface area contributed by atoms with Gasteiger partial charge in [0, 0.05) is 39.3 Å². The first kappa shape index (κ1) is 11.3. The lowest BCUT2D eigenvalue weighted by atomic mass is 10.4. The normalized spacial score (nSPS) is 19.2. The first-order chi connectivity index (χ1) is 6.43. The van der Waals surface area contributed by atoms with E-state index in [1.165, 1.54) is 0 Å². The molecular formula is C8H19N3OS. The van der Waals surface area contributed by atoms with Crippen LogP contribution in [0.25, 0.3) is 0 Å². The van der Waals surface area contributed by atoms with Crippen LogP contribution in [0.2, 0.25) is 0 Å². The summed E-state index contributed by atoms with van der Waals surface area (Å²) in [5, 5.41) is 3.34. The Kier molecular flexibility index (Phi) is 6.57. The summed E-state index contributed by atoms with van der Waals surface area (Å²) in [6.45, 7) is 7.99. The molecule has 0 aliphatic carbocycles. The highest BCUT2D eigenvalue weighted by Crippen LogP contribution is 1.94. The Morgan fingerprint density at radius 2 is 1.92 bits per heavy atom. The topological polar surface area (TPSA) is 36.5 Å². The van der Waals surface area contributed by atoms with E-state index in [-0.39, 0.29) is 0 Å². The summed E-state index contributed by atoms with van der Waals surface area (Å²) in [6.07, 6.45) is 0. The molecule has 1 aliphatic heterocycles. The highest BCUT2D eigenvalue weighted by molar-refractivity contribution is 7.78. The Balaban J connectivity index is 1.86. The van der Waals surface area contributed by atoms with Crippen molar-refractivity contribution in [1.29, 1.82) is 0 Å². The molecule has 13 heavy (non-hydrogen) atoms. The monoisotopic (exact) mass is 205 g/mol. The minimum absolute atomic E-state index is 0.887. The van der Waals surface area contributed by atoms with Crippen LogP contribution >= 0.6 is 12.8 Å². The number of ether oxygens (including phenoxy) is 1. The zero-order valence-electron chi connectivity index (χ0n) is 7.96. The summed E-state index contributed by atoms with van der Waals surface area (Å²) in [5.41, 5.74) is 0. The highest BCUT2D eigenvalue weighted by atomic mass is 32.1. The number of morpholine rings is 1. The molecule has 0 aromatic heterocycles. The van der Waals surface area contributed by atoms with E-state index in [1.54, 1.807) is 0 Å². The zero-order valence-corrected chi connectivity index (χ0v) is 8.85. The van der Waals surface area contributed by atoms with Gasteiger partial charge in [0.05, 0.1) is 13.2 Å². The molecule has 0 aromatic carbocycles. The molecule has 4 nitrogen and oxygen atoms in total. The maximum Gasteiger partial charge on any atom is 0.0594 e. The second-order valence-corrected chi connectivity index (χ2v) is 3.43. The van der Waals surface area contributed by atoms with Crippen LogP contribution < -0.4 is 10.0 Å². The van der Waals surface area contributed by atoms with Gasteiger partial charge >= 0.3 is 0 Å². The van der Waals surface area contributed by atoms with Crippen LogP contribution in [-0.4, -0.2) is 57.4 Å². The van der Waals surface area contributed by atoms with Crippen molar-refractivity contribution in [3.05, 3.63) is 0 Å². The van der Waals surface area contributed by atoms with Crippen LogP contribution in [0.1, 0.15) is 0 Å². The van der Waals surface area contributed by atoms with Gasteiger partial charge in [-0.3, -0.25) is 9.62 Å². The summed E-state index contributed by atoms with van der Waals surface area (Å²) >= 11 is 3.91. The molecule has 2 N–H and O–H groups in total. The lowest BCUT2D eigenvalue weighted by Gasteiger charge is -2.26. The predicted octanol–water partition coefficient (Wildman–Crippen LogP) is -0.657. The molecule has 1 saturated heterocycles. The van der Waals surface area contributed by atoms with Gasteiger partial charge in [-0.05, 0) is 0 Å². The molecule has 78 valence electrons. The smallest absolute Gasteiger partial charge is 0.0594 e. The fourth-order valence-electron chi connectivity index (χ4n) is 1.33. The summed E-state index contributed by atoms with van der Waals surface area (Å²) < 4.78 is 8.07. The first-order valence-electron chi connectivity index (χ1n) is 4.81. The average Bonchev–Trinajstić information content (AvgIpc) is 2.19. The highest BCUT2D eigenvalue weighted by Gasteiger charge is 2.08. The lowest BCUT2D eigenvalue weighted by molar-refractivity contribution is 0.0385. The minimum Gasteiger partial charge on any atom is -0.379 e. The van der Waals surface area contributed by atoms with Gasteiger partial charge in [-0.25, -0.2) is 0 Å². The lowest BCUT2D eigenvalue weighted by Crippen LogP contribution is -2.40. The number of hydrogen-bond donors (Lipinski definition) is 3. The van der Waals surface area contributed by atoms with E-state index in [2.05, 4.69) is 27.8 Å². The van der Waals surface area contributed by atoms with Crippen molar-refractivity contribution in [2.45, 2.75) is 0 Å². The van der Waals surface area contributed by atoms with Crippen molar-refractivity contribution >= 4 is 12.8 Å². The zero-order chi connectivity index (χ0) is 9.36. The predicted molar refractivity (Wildman–Crippen MR) is 57.1 cm³/mol. The average molecular weight is 205 g/mol. The van der Waals surface area contributed by atoms with E-state index < -0.39 is 0 Å². The largest absolute Gasteiger partial charge is 0.379 e. The molecule has 0 aromatic rings. The third-order valence-corrected chi connectivity index (χ3v) is 2.35. The van der Waals surface area contributed by atoms with Crippen LogP contribution in [0.4, 0.5) is 0 Å². The van der Waals surface area contributed by atoms with Gasteiger partial charge < -0.3 is 10.1 Å². The Hall–Kier alpha value is 0.190. The second-order valence-electron chi connectivity index (χ2n) is 3.11. The van der Waals surface area contributed by atoms with Crippen LogP contribution in [0, 0.1) is 0 Å². The number of nitrogens with zero attached hydrogens (tertiary/aromatic N) is 1. The van der Waals surface area contributed by atoms with Gasteiger partial charge in [0.2, 0.25) is 0 Å². The van der Waals surface area contributed by atoms with Gasteiger partial charge in [0.25, 0.3) is 0 Å². The van der Waals surface area contributed by atoms with E-state index in [0.29, 0.717) is 0 Å². The Morgan fingerprint density at radius 1 is 1.15 bits per heavy atom. The molecule has 1 rings (SSSR count). The molecule has 1 aliphatic rings. The third-order valence-electron chi connectivity index (χ3n) is 2.12. The molecule has 1 heterocycles. The van der Waals surface area contributed by atoms with Gasteiger partial charge in [-0.15, -0.1) is 0 Å². The minimum atomic E-state index is 0.887. The maximum atomic E-state index is 5.26.